The molecule has 2 amide bonds. The van der Waals surface area contributed by atoms with Crippen LogP contribution in [-0.2, 0) is 11.2 Å². The molecule has 0 aliphatic rings. The first-order chi connectivity index (χ1) is 11.7. The highest BCUT2D eigenvalue weighted by Crippen LogP contribution is 2.18. The predicted molar refractivity (Wildman–Crippen MR) is 93.2 cm³/mol. The second kappa shape index (κ2) is 7.60. The first-order valence-electron chi connectivity index (χ1n) is 8.28. The molecule has 0 saturated carbocycles. The van der Waals surface area contributed by atoms with E-state index in [1.54, 1.807) is 23.4 Å². The zero-order chi connectivity index (χ0) is 18.7. The topological polar surface area (TPSA) is 114 Å². The van der Waals surface area contributed by atoms with E-state index in [0.29, 0.717) is 31.5 Å². The van der Waals surface area contributed by atoms with Gasteiger partial charge in [0.05, 0.1) is 12.3 Å². The van der Waals surface area contributed by atoms with E-state index in [2.05, 4.69) is 10.1 Å². The van der Waals surface area contributed by atoms with Gasteiger partial charge in [0, 0.05) is 31.4 Å². The number of aliphatic hydroxyl groups is 1. The molecule has 8 heteroatoms. The first kappa shape index (κ1) is 18.9. The normalized spacial score (nSPS) is 12.4. The molecule has 0 aliphatic carbocycles. The Labute approximate surface area is 146 Å². The summed E-state index contributed by atoms with van der Waals surface area (Å²) in [6, 6.07) is 0. The van der Waals surface area contributed by atoms with Gasteiger partial charge in [0.1, 0.15) is 5.56 Å². The van der Waals surface area contributed by atoms with E-state index in [-0.39, 0.29) is 11.5 Å². The molecule has 3 N–H and O–H groups in total. The summed E-state index contributed by atoms with van der Waals surface area (Å²) in [5.74, 6) is -0.554. The van der Waals surface area contributed by atoms with Crippen molar-refractivity contribution in [3.63, 3.8) is 0 Å². The summed E-state index contributed by atoms with van der Waals surface area (Å²) in [6.07, 6.45) is 2.41. The van der Waals surface area contributed by atoms with Gasteiger partial charge in [0.15, 0.2) is 5.65 Å². The molecule has 2 aromatic rings. The Morgan fingerprint density at radius 1 is 1.40 bits per heavy atom. The minimum absolute atomic E-state index is 0.0119. The number of fused-ring (bicyclic) bond motifs is 1. The second-order valence-electron chi connectivity index (χ2n) is 6.37. The zero-order valence-corrected chi connectivity index (χ0v) is 15.1. The van der Waals surface area contributed by atoms with Gasteiger partial charge in [-0.05, 0) is 39.2 Å². The van der Waals surface area contributed by atoms with Gasteiger partial charge in [0.25, 0.3) is 5.91 Å². The Hall–Kier alpha value is -2.48. The highest BCUT2D eigenvalue weighted by molar-refractivity contribution is 5.98. The number of aromatic nitrogens is 3. The number of carbonyl (C=O) groups excluding carboxylic acids is 2. The highest BCUT2D eigenvalue weighted by Gasteiger charge is 2.18. The molecule has 136 valence electrons. The van der Waals surface area contributed by atoms with E-state index in [0.717, 1.165) is 17.0 Å². The molecular weight excluding hydrogens is 322 g/mol. The summed E-state index contributed by atoms with van der Waals surface area (Å²) in [5.41, 5.74) is 8.60. The minimum Gasteiger partial charge on any atom is -0.393 e. The third-order valence-electron chi connectivity index (χ3n) is 4.37. The van der Waals surface area contributed by atoms with Crippen molar-refractivity contribution < 1.29 is 14.7 Å². The molecule has 2 rings (SSSR count). The lowest BCUT2D eigenvalue weighted by Gasteiger charge is -2.18. The summed E-state index contributed by atoms with van der Waals surface area (Å²) >= 11 is 0. The quantitative estimate of drug-likeness (QED) is 0.761. The van der Waals surface area contributed by atoms with Crippen molar-refractivity contribution >= 4 is 17.5 Å². The summed E-state index contributed by atoms with van der Waals surface area (Å²) in [4.78, 5) is 29.8. The summed E-state index contributed by atoms with van der Waals surface area (Å²) in [6.45, 7) is 5.96. The van der Waals surface area contributed by atoms with Crippen molar-refractivity contribution in [3.05, 3.63) is 28.7 Å². The van der Waals surface area contributed by atoms with Crippen molar-refractivity contribution in [1.29, 1.82) is 0 Å². The molecule has 0 fully saturated rings. The molecule has 0 aliphatic heterocycles. The maximum absolute atomic E-state index is 12.2. The van der Waals surface area contributed by atoms with Crippen LogP contribution in [0.2, 0.25) is 0 Å². The number of aryl methyl sites for hydroxylation is 2. The van der Waals surface area contributed by atoms with Crippen molar-refractivity contribution in [2.24, 2.45) is 5.73 Å². The first-order valence-corrected chi connectivity index (χ1v) is 8.28. The van der Waals surface area contributed by atoms with Crippen molar-refractivity contribution in [2.75, 3.05) is 13.6 Å². The van der Waals surface area contributed by atoms with Crippen molar-refractivity contribution in [2.45, 2.75) is 46.1 Å². The molecular formula is C17H25N5O3. The fraction of sp³-hybridized carbons (Fsp3) is 0.529. The van der Waals surface area contributed by atoms with E-state index in [4.69, 9.17) is 5.73 Å². The van der Waals surface area contributed by atoms with Crippen LogP contribution in [0, 0.1) is 13.8 Å². The molecule has 0 bridgehead atoms. The highest BCUT2D eigenvalue weighted by atomic mass is 16.3. The van der Waals surface area contributed by atoms with Crippen molar-refractivity contribution in [1.82, 2.24) is 19.5 Å². The SMILES string of the molecule is Cc1nc2c(C(N)=O)cnn2c(C)c1CCC(=O)N(C)CC[C@@H](C)O. The van der Waals surface area contributed by atoms with Gasteiger partial charge in [-0.2, -0.15) is 5.10 Å². The molecule has 0 aromatic carbocycles. The Kier molecular flexibility index (Phi) is 5.73. The van der Waals surface area contributed by atoms with E-state index >= 15 is 0 Å². The molecule has 0 unspecified atom stereocenters. The summed E-state index contributed by atoms with van der Waals surface area (Å²) in [7, 11) is 1.73. The fourth-order valence-electron chi connectivity index (χ4n) is 2.77. The number of nitrogens with zero attached hydrogens (tertiary/aromatic N) is 4. The lowest BCUT2D eigenvalue weighted by atomic mass is 10.1. The number of amides is 2. The molecule has 0 radical (unpaired) electrons. The van der Waals surface area contributed by atoms with Gasteiger partial charge in [-0.1, -0.05) is 0 Å². The third-order valence-corrected chi connectivity index (χ3v) is 4.37. The predicted octanol–water partition coefficient (Wildman–Crippen LogP) is 0.607. The van der Waals surface area contributed by atoms with E-state index in [9.17, 15) is 14.7 Å². The monoisotopic (exact) mass is 347 g/mol. The average molecular weight is 347 g/mol. The van der Waals surface area contributed by atoms with Crippen LogP contribution in [0.4, 0.5) is 0 Å². The van der Waals surface area contributed by atoms with Crippen LogP contribution >= 0.6 is 0 Å². The van der Waals surface area contributed by atoms with Gasteiger partial charge in [-0.25, -0.2) is 9.50 Å². The van der Waals surface area contributed by atoms with Crippen LogP contribution in [0.5, 0.6) is 0 Å². The number of primary amides is 1. The standard InChI is InChI=1S/C17H25N5O3/c1-10(23)7-8-21(4)15(24)6-5-13-11(2)20-17-14(16(18)25)9-19-22(17)12(13)3/h9-10,23H,5-8H2,1-4H3,(H2,18,25)/t10-/m1/s1. The van der Waals surface area contributed by atoms with Crippen LogP contribution in [0.1, 0.15) is 47.1 Å². The number of aliphatic hydroxyl groups excluding tert-OH is 1. The molecule has 8 nitrogen and oxygen atoms in total. The molecule has 2 aromatic heterocycles. The Balaban J connectivity index is 2.16. The molecule has 0 saturated heterocycles. The zero-order valence-electron chi connectivity index (χ0n) is 15.1. The second-order valence-corrected chi connectivity index (χ2v) is 6.37. The van der Waals surface area contributed by atoms with E-state index in [1.807, 2.05) is 13.8 Å². The Bertz CT molecular complexity index is 797. The lowest BCUT2D eigenvalue weighted by Crippen LogP contribution is -2.29. The van der Waals surface area contributed by atoms with Gasteiger partial charge in [-0.3, -0.25) is 9.59 Å². The van der Waals surface area contributed by atoms with Crippen LogP contribution in [0.15, 0.2) is 6.20 Å². The van der Waals surface area contributed by atoms with Gasteiger partial charge in [-0.15, -0.1) is 0 Å². The average Bonchev–Trinajstić information content (AvgIpc) is 2.96. The molecule has 2 heterocycles. The molecule has 25 heavy (non-hydrogen) atoms. The van der Waals surface area contributed by atoms with Crippen molar-refractivity contribution in [3.8, 4) is 0 Å². The Morgan fingerprint density at radius 2 is 2.08 bits per heavy atom. The Morgan fingerprint density at radius 3 is 2.68 bits per heavy atom. The van der Waals surface area contributed by atoms with Gasteiger partial charge < -0.3 is 15.7 Å². The smallest absolute Gasteiger partial charge is 0.254 e. The van der Waals surface area contributed by atoms with Gasteiger partial charge >= 0.3 is 0 Å². The van der Waals surface area contributed by atoms with E-state index < -0.39 is 12.0 Å². The van der Waals surface area contributed by atoms with Crippen LogP contribution < -0.4 is 5.73 Å². The lowest BCUT2D eigenvalue weighted by molar-refractivity contribution is -0.130. The van der Waals surface area contributed by atoms with Crippen LogP contribution in [0.25, 0.3) is 5.65 Å². The maximum Gasteiger partial charge on any atom is 0.254 e. The largest absolute Gasteiger partial charge is 0.393 e. The molecule has 0 spiro atoms. The van der Waals surface area contributed by atoms with Crippen LogP contribution in [0.3, 0.4) is 0 Å². The van der Waals surface area contributed by atoms with Crippen LogP contribution in [-0.4, -0.2) is 56.1 Å². The molecule has 1 atom stereocenters. The minimum atomic E-state index is -0.566. The number of hydrogen-bond donors (Lipinski definition) is 2. The number of hydrogen-bond acceptors (Lipinski definition) is 5. The third kappa shape index (κ3) is 4.14. The summed E-state index contributed by atoms with van der Waals surface area (Å²) in [5, 5.41) is 13.5. The summed E-state index contributed by atoms with van der Waals surface area (Å²) < 4.78 is 1.59. The number of nitrogens with two attached hydrogens (primary N) is 1. The maximum atomic E-state index is 12.2. The number of rotatable bonds is 7. The fourth-order valence-corrected chi connectivity index (χ4v) is 2.77. The van der Waals surface area contributed by atoms with Gasteiger partial charge in [0.2, 0.25) is 5.91 Å². The van der Waals surface area contributed by atoms with E-state index in [1.165, 1.54) is 6.20 Å². The number of carbonyl (C=O) groups is 2.